The number of hydrazone groups is 1. The molecule has 0 aliphatic rings. The van der Waals surface area contributed by atoms with Crippen molar-refractivity contribution in [3.8, 4) is 0 Å². The zero-order chi connectivity index (χ0) is 14.5. The second-order valence-electron chi connectivity index (χ2n) is 4.28. The lowest BCUT2D eigenvalue weighted by Crippen LogP contribution is -2.16. The first-order chi connectivity index (χ1) is 9.58. The maximum atomic E-state index is 11.7. The molecule has 1 N–H and O–H groups in total. The van der Waals surface area contributed by atoms with E-state index in [0.717, 1.165) is 15.7 Å². The fourth-order valence-corrected chi connectivity index (χ4v) is 2.96. The van der Waals surface area contributed by atoms with Gasteiger partial charge < -0.3 is 4.90 Å². The molecule has 0 saturated heterocycles. The molecule has 0 atom stereocenters. The highest BCUT2D eigenvalue weighted by atomic mass is 79.9. The summed E-state index contributed by atoms with van der Waals surface area (Å²) >= 11 is 4.90. The molecule has 20 heavy (non-hydrogen) atoms. The molecule has 1 aromatic heterocycles. The third-order valence-corrected chi connectivity index (χ3v) is 4.08. The first kappa shape index (κ1) is 14.7. The van der Waals surface area contributed by atoms with Crippen molar-refractivity contribution in [1.29, 1.82) is 0 Å². The Morgan fingerprint density at radius 3 is 2.80 bits per heavy atom. The molecule has 104 valence electrons. The smallest absolute Gasteiger partial charge is 0.281 e. The van der Waals surface area contributed by atoms with E-state index in [-0.39, 0.29) is 5.91 Å². The molecule has 0 bridgehead atoms. The number of benzene rings is 1. The van der Waals surface area contributed by atoms with Crippen molar-refractivity contribution < 1.29 is 4.79 Å². The lowest BCUT2D eigenvalue weighted by Gasteiger charge is -2.14. The van der Waals surface area contributed by atoms with Gasteiger partial charge in [-0.3, -0.25) is 4.79 Å². The van der Waals surface area contributed by atoms with Crippen molar-refractivity contribution >= 4 is 45.1 Å². The second kappa shape index (κ2) is 6.67. The van der Waals surface area contributed by atoms with Crippen molar-refractivity contribution in [2.75, 3.05) is 19.0 Å². The number of thiophene rings is 1. The Bertz CT molecular complexity index is 623. The predicted molar refractivity (Wildman–Crippen MR) is 87.8 cm³/mol. The summed E-state index contributed by atoms with van der Waals surface area (Å²) < 4.78 is 0.982. The van der Waals surface area contributed by atoms with Crippen LogP contribution >= 0.6 is 27.3 Å². The molecule has 2 rings (SSSR count). The number of nitrogens with zero attached hydrogens (tertiary/aromatic N) is 2. The fraction of sp³-hybridized carbons (Fsp3) is 0.143. The monoisotopic (exact) mass is 351 g/mol. The molecule has 0 aliphatic heterocycles. The maximum absolute atomic E-state index is 11.7. The summed E-state index contributed by atoms with van der Waals surface area (Å²) in [7, 11) is 3.96. The Morgan fingerprint density at radius 1 is 1.40 bits per heavy atom. The normalized spacial score (nSPS) is 10.8. The average Bonchev–Trinajstić information content (AvgIpc) is 2.92. The Hall–Kier alpha value is -1.66. The summed E-state index contributed by atoms with van der Waals surface area (Å²) in [5.41, 5.74) is 4.50. The Labute approximate surface area is 130 Å². The minimum Gasteiger partial charge on any atom is -0.377 e. The predicted octanol–water partition coefficient (Wildman–Crippen LogP) is 3.34. The molecule has 2 aromatic rings. The highest BCUT2D eigenvalue weighted by Gasteiger charge is 2.04. The number of nitrogens with one attached hydrogen (secondary N) is 1. The molecule has 1 aromatic carbocycles. The van der Waals surface area contributed by atoms with Crippen LogP contribution in [-0.2, 0) is 0 Å². The van der Waals surface area contributed by atoms with Crippen LogP contribution in [-0.4, -0.2) is 26.2 Å². The van der Waals surface area contributed by atoms with E-state index in [0.29, 0.717) is 4.88 Å². The first-order valence-corrected chi connectivity index (χ1v) is 7.59. The topological polar surface area (TPSA) is 44.7 Å². The summed E-state index contributed by atoms with van der Waals surface area (Å²) in [6.07, 6.45) is 1.62. The fourth-order valence-electron chi connectivity index (χ4n) is 1.59. The molecule has 6 heteroatoms. The minimum absolute atomic E-state index is 0.194. The van der Waals surface area contributed by atoms with Crippen LogP contribution in [0.3, 0.4) is 0 Å². The molecule has 0 fully saturated rings. The Kier molecular flexibility index (Phi) is 4.92. The minimum atomic E-state index is -0.194. The lowest BCUT2D eigenvalue weighted by molar-refractivity contribution is 0.0959. The number of hydrogen-bond donors (Lipinski definition) is 1. The summed E-state index contributed by atoms with van der Waals surface area (Å²) in [5.74, 6) is -0.194. The highest BCUT2D eigenvalue weighted by molar-refractivity contribution is 9.10. The number of anilines is 1. The van der Waals surface area contributed by atoms with Gasteiger partial charge in [0.2, 0.25) is 0 Å². The van der Waals surface area contributed by atoms with Crippen molar-refractivity contribution in [1.82, 2.24) is 5.43 Å². The van der Waals surface area contributed by atoms with Crippen LogP contribution in [0.2, 0.25) is 0 Å². The van der Waals surface area contributed by atoms with E-state index in [1.54, 1.807) is 12.3 Å². The van der Waals surface area contributed by atoms with Gasteiger partial charge in [0, 0.05) is 18.6 Å². The second-order valence-corrected chi connectivity index (χ2v) is 6.08. The van der Waals surface area contributed by atoms with E-state index in [2.05, 4.69) is 26.5 Å². The number of carbonyl (C=O) groups excluding carboxylic acids is 1. The zero-order valence-corrected chi connectivity index (χ0v) is 13.5. The molecule has 1 heterocycles. The molecule has 1 amide bonds. The van der Waals surface area contributed by atoms with Gasteiger partial charge in [-0.1, -0.05) is 12.1 Å². The molecule has 0 unspecified atom stereocenters. The average molecular weight is 352 g/mol. The summed E-state index contributed by atoms with van der Waals surface area (Å²) in [6.45, 7) is 0. The van der Waals surface area contributed by atoms with Crippen molar-refractivity contribution in [2.45, 2.75) is 0 Å². The molecular weight excluding hydrogens is 338 g/mol. The standard InChI is InChI=1S/C14H14BrN3OS/c1-18(2)12-6-5-10(8-11(12)15)9-16-17-14(19)13-4-3-7-20-13/h3-9H,1-2H3,(H,17,19)/b16-9-. The van der Waals surface area contributed by atoms with E-state index in [4.69, 9.17) is 0 Å². The first-order valence-electron chi connectivity index (χ1n) is 5.91. The van der Waals surface area contributed by atoms with Crippen LogP contribution in [0.5, 0.6) is 0 Å². The van der Waals surface area contributed by atoms with Crippen LogP contribution in [0.25, 0.3) is 0 Å². The summed E-state index contributed by atoms with van der Waals surface area (Å²) in [4.78, 5) is 14.3. The van der Waals surface area contributed by atoms with Gasteiger partial charge in [-0.25, -0.2) is 5.43 Å². The van der Waals surface area contributed by atoms with Crippen molar-refractivity contribution in [3.05, 3.63) is 50.6 Å². The van der Waals surface area contributed by atoms with E-state index >= 15 is 0 Å². The Morgan fingerprint density at radius 2 is 2.20 bits per heavy atom. The largest absolute Gasteiger partial charge is 0.377 e. The molecule has 0 spiro atoms. The Balaban J connectivity index is 2.01. The molecular formula is C14H14BrN3OS. The number of amides is 1. The van der Waals surface area contributed by atoms with Gasteiger partial charge in [-0.2, -0.15) is 5.10 Å². The van der Waals surface area contributed by atoms with Gasteiger partial charge in [0.25, 0.3) is 5.91 Å². The number of halogens is 1. The van der Waals surface area contributed by atoms with Crippen LogP contribution in [0.15, 0.2) is 45.3 Å². The van der Waals surface area contributed by atoms with Gasteiger partial charge in [-0.15, -0.1) is 11.3 Å². The SMILES string of the molecule is CN(C)c1ccc(/C=N\NC(=O)c2cccs2)cc1Br. The van der Waals surface area contributed by atoms with Crippen LogP contribution in [0, 0.1) is 0 Å². The van der Waals surface area contributed by atoms with Gasteiger partial charge in [0.1, 0.15) is 0 Å². The van der Waals surface area contributed by atoms with Gasteiger partial charge in [0.05, 0.1) is 16.8 Å². The van der Waals surface area contributed by atoms with Crippen LogP contribution in [0.1, 0.15) is 15.2 Å². The van der Waals surface area contributed by atoms with E-state index in [9.17, 15) is 4.79 Å². The summed E-state index contributed by atoms with van der Waals surface area (Å²) in [6, 6.07) is 9.49. The molecule has 0 aliphatic carbocycles. The van der Waals surface area contributed by atoms with Crippen LogP contribution < -0.4 is 10.3 Å². The van der Waals surface area contributed by atoms with Crippen molar-refractivity contribution in [3.63, 3.8) is 0 Å². The highest BCUT2D eigenvalue weighted by Crippen LogP contribution is 2.25. The van der Waals surface area contributed by atoms with E-state index < -0.39 is 0 Å². The van der Waals surface area contributed by atoms with Crippen molar-refractivity contribution in [2.24, 2.45) is 5.10 Å². The van der Waals surface area contributed by atoms with E-state index in [1.807, 2.05) is 48.6 Å². The zero-order valence-electron chi connectivity index (χ0n) is 11.1. The number of rotatable bonds is 4. The molecule has 0 radical (unpaired) electrons. The third-order valence-electron chi connectivity index (χ3n) is 2.58. The lowest BCUT2D eigenvalue weighted by atomic mass is 10.2. The number of carbonyl (C=O) groups is 1. The summed E-state index contributed by atoms with van der Waals surface area (Å²) in [5, 5.41) is 5.82. The molecule has 0 saturated carbocycles. The molecule has 4 nitrogen and oxygen atoms in total. The van der Waals surface area contributed by atoms with Gasteiger partial charge in [-0.05, 0) is 45.1 Å². The van der Waals surface area contributed by atoms with Crippen LogP contribution in [0.4, 0.5) is 5.69 Å². The maximum Gasteiger partial charge on any atom is 0.281 e. The van der Waals surface area contributed by atoms with Gasteiger partial charge >= 0.3 is 0 Å². The van der Waals surface area contributed by atoms with Gasteiger partial charge in [0.15, 0.2) is 0 Å². The third kappa shape index (κ3) is 3.68. The number of hydrogen-bond acceptors (Lipinski definition) is 4. The van der Waals surface area contributed by atoms with E-state index in [1.165, 1.54) is 11.3 Å². The quantitative estimate of drug-likeness (QED) is 0.678.